The van der Waals surface area contributed by atoms with E-state index in [1.807, 2.05) is 6.92 Å². The van der Waals surface area contributed by atoms with Crippen LogP contribution in [0.4, 0.5) is 0 Å². The average molecular weight is 285 g/mol. The van der Waals surface area contributed by atoms with Crippen molar-refractivity contribution in [3.05, 3.63) is 0 Å². The minimum Gasteiger partial charge on any atom is -0.359 e. The van der Waals surface area contributed by atoms with Crippen molar-refractivity contribution < 1.29 is 9.59 Å². The zero-order valence-corrected chi connectivity index (χ0v) is 13.6. The first kappa shape index (κ1) is 18.9. The highest BCUT2D eigenvalue weighted by molar-refractivity contribution is 5.80. The number of carbonyl (C=O) groups excluding carboxylic acids is 2. The SMILES string of the molecule is CNC(=O)C(C)CN(C)C(=O)CCC(CCN)C(C)C. The Morgan fingerprint density at radius 3 is 2.25 bits per heavy atom. The molecule has 0 aliphatic heterocycles. The lowest BCUT2D eigenvalue weighted by Crippen LogP contribution is -2.37. The van der Waals surface area contributed by atoms with Crippen molar-refractivity contribution in [1.29, 1.82) is 0 Å². The summed E-state index contributed by atoms with van der Waals surface area (Å²) < 4.78 is 0. The summed E-state index contributed by atoms with van der Waals surface area (Å²) in [7, 11) is 3.37. The third-order valence-electron chi connectivity index (χ3n) is 3.88. The van der Waals surface area contributed by atoms with Crippen LogP contribution in [0, 0.1) is 17.8 Å². The molecule has 0 spiro atoms. The van der Waals surface area contributed by atoms with Crippen LogP contribution < -0.4 is 11.1 Å². The van der Waals surface area contributed by atoms with Gasteiger partial charge in [-0.15, -0.1) is 0 Å². The molecule has 0 bridgehead atoms. The molecule has 0 fully saturated rings. The molecule has 5 nitrogen and oxygen atoms in total. The highest BCUT2D eigenvalue weighted by atomic mass is 16.2. The molecule has 5 heteroatoms. The number of nitrogens with one attached hydrogen (secondary N) is 1. The lowest BCUT2D eigenvalue weighted by molar-refractivity contribution is -0.132. The summed E-state index contributed by atoms with van der Waals surface area (Å²) in [6.45, 7) is 7.29. The van der Waals surface area contributed by atoms with E-state index in [1.165, 1.54) is 0 Å². The summed E-state index contributed by atoms with van der Waals surface area (Å²) in [4.78, 5) is 25.2. The summed E-state index contributed by atoms with van der Waals surface area (Å²) >= 11 is 0. The number of hydrogen-bond acceptors (Lipinski definition) is 3. The Kier molecular flexibility index (Phi) is 9.21. The normalized spacial score (nSPS) is 13.9. The first-order valence-electron chi connectivity index (χ1n) is 7.49. The summed E-state index contributed by atoms with van der Waals surface area (Å²) in [5.41, 5.74) is 5.61. The van der Waals surface area contributed by atoms with Crippen molar-refractivity contribution in [3.63, 3.8) is 0 Å². The van der Waals surface area contributed by atoms with Crippen LogP contribution in [0.15, 0.2) is 0 Å². The van der Waals surface area contributed by atoms with Gasteiger partial charge < -0.3 is 16.0 Å². The average Bonchev–Trinajstić information content (AvgIpc) is 2.41. The molecule has 0 rings (SSSR count). The minimum absolute atomic E-state index is 0.0344. The fourth-order valence-corrected chi connectivity index (χ4v) is 2.37. The summed E-state index contributed by atoms with van der Waals surface area (Å²) in [5, 5.41) is 2.60. The van der Waals surface area contributed by atoms with E-state index < -0.39 is 0 Å². The van der Waals surface area contributed by atoms with Crippen LogP contribution in [0.5, 0.6) is 0 Å². The van der Waals surface area contributed by atoms with E-state index in [0.29, 0.717) is 31.3 Å². The second-order valence-electron chi connectivity index (χ2n) is 5.91. The minimum atomic E-state index is -0.182. The van der Waals surface area contributed by atoms with Crippen LogP contribution in [0.25, 0.3) is 0 Å². The lowest BCUT2D eigenvalue weighted by Gasteiger charge is -2.23. The first-order valence-corrected chi connectivity index (χ1v) is 7.49. The molecule has 0 aromatic rings. The maximum Gasteiger partial charge on any atom is 0.224 e. The van der Waals surface area contributed by atoms with Crippen LogP contribution in [0.1, 0.15) is 40.0 Å². The van der Waals surface area contributed by atoms with Crippen LogP contribution in [-0.2, 0) is 9.59 Å². The molecule has 0 aliphatic rings. The van der Waals surface area contributed by atoms with E-state index in [-0.39, 0.29) is 17.7 Å². The molecule has 0 aliphatic carbocycles. The number of nitrogens with two attached hydrogens (primary N) is 1. The second kappa shape index (κ2) is 9.75. The van der Waals surface area contributed by atoms with Gasteiger partial charge in [0.1, 0.15) is 0 Å². The van der Waals surface area contributed by atoms with Gasteiger partial charge in [-0.25, -0.2) is 0 Å². The third kappa shape index (κ3) is 6.89. The zero-order chi connectivity index (χ0) is 15.7. The van der Waals surface area contributed by atoms with E-state index >= 15 is 0 Å². The molecule has 118 valence electrons. The molecule has 2 amide bonds. The highest BCUT2D eigenvalue weighted by Crippen LogP contribution is 2.20. The van der Waals surface area contributed by atoms with Gasteiger partial charge in [-0.2, -0.15) is 0 Å². The van der Waals surface area contributed by atoms with Gasteiger partial charge in [-0.1, -0.05) is 20.8 Å². The van der Waals surface area contributed by atoms with E-state index in [1.54, 1.807) is 19.0 Å². The molecule has 0 aromatic heterocycles. The van der Waals surface area contributed by atoms with Gasteiger partial charge in [0.2, 0.25) is 11.8 Å². The molecule has 3 N–H and O–H groups in total. The van der Waals surface area contributed by atoms with Crippen molar-refractivity contribution in [3.8, 4) is 0 Å². The molecule has 2 atom stereocenters. The zero-order valence-electron chi connectivity index (χ0n) is 13.6. The van der Waals surface area contributed by atoms with E-state index in [0.717, 1.165) is 12.8 Å². The van der Waals surface area contributed by atoms with Crippen LogP contribution in [0.2, 0.25) is 0 Å². The van der Waals surface area contributed by atoms with Gasteiger partial charge in [-0.3, -0.25) is 9.59 Å². The van der Waals surface area contributed by atoms with Crippen LogP contribution in [-0.4, -0.2) is 43.9 Å². The van der Waals surface area contributed by atoms with Crippen LogP contribution >= 0.6 is 0 Å². The summed E-state index contributed by atoms with van der Waals surface area (Å²) in [5.74, 6) is 0.922. The molecular weight excluding hydrogens is 254 g/mol. The lowest BCUT2D eigenvalue weighted by atomic mass is 9.88. The number of carbonyl (C=O) groups is 2. The maximum absolute atomic E-state index is 12.1. The molecule has 0 saturated heterocycles. The third-order valence-corrected chi connectivity index (χ3v) is 3.88. The Hall–Kier alpha value is -1.10. The van der Waals surface area contributed by atoms with Gasteiger partial charge in [0.05, 0.1) is 5.92 Å². The van der Waals surface area contributed by atoms with E-state index in [9.17, 15) is 9.59 Å². The smallest absolute Gasteiger partial charge is 0.224 e. The Morgan fingerprint density at radius 1 is 1.20 bits per heavy atom. The van der Waals surface area contributed by atoms with Crippen molar-refractivity contribution in [1.82, 2.24) is 10.2 Å². The van der Waals surface area contributed by atoms with Crippen molar-refractivity contribution in [2.24, 2.45) is 23.5 Å². The molecule has 0 saturated carbocycles. The van der Waals surface area contributed by atoms with Gasteiger partial charge >= 0.3 is 0 Å². The topological polar surface area (TPSA) is 75.4 Å². The standard InChI is InChI=1S/C15H31N3O2/c1-11(2)13(8-9-16)6-7-14(19)18(5)10-12(3)15(20)17-4/h11-13H,6-10,16H2,1-5H3,(H,17,20). The maximum atomic E-state index is 12.1. The van der Waals surface area contributed by atoms with Gasteiger partial charge in [0.15, 0.2) is 0 Å². The number of nitrogens with zero attached hydrogens (tertiary/aromatic N) is 1. The molecule has 0 heterocycles. The Labute approximate surface area is 123 Å². The second-order valence-corrected chi connectivity index (χ2v) is 5.91. The van der Waals surface area contributed by atoms with Gasteiger partial charge in [-0.05, 0) is 31.2 Å². The Balaban J connectivity index is 4.22. The van der Waals surface area contributed by atoms with Gasteiger partial charge in [0.25, 0.3) is 0 Å². The first-order chi connectivity index (χ1) is 9.33. The number of amides is 2. The van der Waals surface area contributed by atoms with Crippen molar-refractivity contribution in [2.45, 2.75) is 40.0 Å². The summed E-state index contributed by atoms with van der Waals surface area (Å²) in [6.07, 6.45) is 2.36. The van der Waals surface area contributed by atoms with Crippen molar-refractivity contribution >= 4 is 11.8 Å². The van der Waals surface area contributed by atoms with Crippen LogP contribution in [0.3, 0.4) is 0 Å². The van der Waals surface area contributed by atoms with Crippen molar-refractivity contribution in [2.75, 3.05) is 27.2 Å². The molecular formula is C15H31N3O2. The van der Waals surface area contributed by atoms with E-state index in [4.69, 9.17) is 5.73 Å². The highest BCUT2D eigenvalue weighted by Gasteiger charge is 2.19. The predicted octanol–water partition coefficient (Wildman–Crippen LogP) is 1.23. The molecule has 20 heavy (non-hydrogen) atoms. The summed E-state index contributed by atoms with van der Waals surface area (Å²) in [6, 6.07) is 0. The van der Waals surface area contributed by atoms with E-state index in [2.05, 4.69) is 19.2 Å². The molecule has 0 aromatic carbocycles. The number of rotatable bonds is 9. The largest absolute Gasteiger partial charge is 0.359 e. The fraction of sp³-hybridized carbons (Fsp3) is 0.867. The molecule has 2 unspecified atom stereocenters. The quantitative estimate of drug-likeness (QED) is 0.669. The number of hydrogen-bond donors (Lipinski definition) is 2. The monoisotopic (exact) mass is 285 g/mol. The Morgan fingerprint density at radius 2 is 1.80 bits per heavy atom. The van der Waals surface area contributed by atoms with Gasteiger partial charge in [0, 0.05) is 27.1 Å². The molecule has 0 radical (unpaired) electrons. The fourth-order valence-electron chi connectivity index (χ4n) is 2.37. The Bertz CT molecular complexity index is 305. The predicted molar refractivity (Wildman–Crippen MR) is 82.1 cm³/mol.